The van der Waals surface area contributed by atoms with Crippen LogP contribution < -0.4 is 10.1 Å². The first-order valence-electron chi connectivity index (χ1n) is 6.50. The van der Waals surface area contributed by atoms with Crippen LogP contribution in [-0.4, -0.2) is 49.2 Å². The lowest BCUT2D eigenvalue weighted by Crippen LogP contribution is -2.45. The molecule has 0 aliphatic carbocycles. The summed E-state index contributed by atoms with van der Waals surface area (Å²) in [6.45, 7) is 1.63. The lowest BCUT2D eigenvalue weighted by atomic mass is 10.0. The summed E-state index contributed by atoms with van der Waals surface area (Å²) < 4.78 is 53.9. The van der Waals surface area contributed by atoms with Gasteiger partial charge in [0.2, 0.25) is 0 Å². The van der Waals surface area contributed by atoms with Gasteiger partial charge in [-0.15, -0.1) is 38.0 Å². The molecule has 134 valence electrons. The summed E-state index contributed by atoms with van der Waals surface area (Å²) in [4.78, 5) is 1.78. The molecule has 0 amide bonds. The number of ether oxygens (including phenoxy) is 1. The lowest BCUT2D eigenvalue weighted by molar-refractivity contribution is -0.274. The highest BCUT2D eigenvalue weighted by Gasteiger charge is 2.32. The molecule has 1 aliphatic heterocycles. The predicted octanol–water partition coefficient (Wildman–Crippen LogP) is 3.05. The van der Waals surface area contributed by atoms with E-state index >= 15 is 0 Å². The molecular weight excluding hydrogens is 363 g/mol. The van der Waals surface area contributed by atoms with Gasteiger partial charge in [0, 0.05) is 31.7 Å². The summed E-state index contributed by atoms with van der Waals surface area (Å²) in [5.41, 5.74) is 0.0983. The van der Waals surface area contributed by atoms with Crippen LogP contribution in [0.25, 0.3) is 0 Å². The van der Waals surface area contributed by atoms with E-state index in [1.807, 2.05) is 0 Å². The number of nitrogens with one attached hydrogen (secondary N) is 1. The Balaban J connectivity index is 0.00000242. The van der Waals surface area contributed by atoms with Gasteiger partial charge in [-0.3, -0.25) is 4.90 Å². The third-order valence-electron chi connectivity index (χ3n) is 3.33. The number of aromatic hydroxyl groups is 1. The van der Waals surface area contributed by atoms with Crippen LogP contribution in [0.15, 0.2) is 18.2 Å². The van der Waals surface area contributed by atoms with Crippen LogP contribution in [0.1, 0.15) is 11.6 Å². The topological polar surface area (TPSA) is 44.7 Å². The molecule has 0 spiro atoms. The molecule has 1 saturated heterocycles. The Morgan fingerprint density at radius 1 is 1.22 bits per heavy atom. The van der Waals surface area contributed by atoms with E-state index in [9.17, 15) is 22.7 Å². The summed E-state index contributed by atoms with van der Waals surface area (Å²) in [6.07, 6.45) is -4.82. The molecule has 23 heavy (non-hydrogen) atoms. The number of hydrogen-bond acceptors (Lipinski definition) is 4. The molecule has 0 radical (unpaired) electrons. The van der Waals surface area contributed by atoms with Crippen molar-refractivity contribution < 1.29 is 27.4 Å². The Bertz CT molecular complexity index is 486. The zero-order valence-electron chi connectivity index (χ0n) is 12.0. The second-order valence-electron chi connectivity index (χ2n) is 4.72. The molecule has 2 rings (SSSR count). The molecule has 10 heteroatoms. The maximum absolute atomic E-state index is 13.3. The van der Waals surface area contributed by atoms with Crippen molar-refractivity contribution in [3.05, 3.63) is 23.8 Å². The molecule has 1 aromatic rings. The first kappa shape index (κ1) is 22.0. The number of nitrogens with zero attached hydrogens (tertiary/aromatic N) is 1. The quantitative estimate of drug-likeness (QED) is 0.788. The molecule has 4 nitrogen and oxygen atoms in total. The molecule has 1 atom stereocenters. The summed E-state index contributed by atoms with van der Waals surface area (Å²) in [7, 11) is 0. The Morgan fingerprint density at radius 3 is 2.35 bits per heavy atom. The van der Waals surface area contributed by atoms with Gasteiger partial charge in [0.05, 0.1) is 6.04 Å². The zero-order chi connectivity index (χ0) is 15.5. The molecule has 0 aromatic heterocycles. The van der Waals surface area contributed by atoms with Crippen LogP contribution in [0.5, 0.6) is 11.5 Å². The van der Waals surface area contributed by atoms with Crippen LogP contribution in [0.3, 0.4) is 0 Å². The fourth-order valence-electron chi connectivity index (χ4n) is 2.37. The molecule has 1 aromatic carbocycles. The van der Waals surface area contributed by atoms with Gasteiger partial charge in [0.15, 0.2) is 0 Å². The first-order chi connectivity index (χ1) is 9.90. The van der Waals surface area contributed by atoms with E-state index < -0.39 is 24.8 Å². The Morgan fingerprint density at radius 2 is 1.83 bits per heavy atom. The van der Waals surface area contributed by atoms with Crippen LogP contribution in [0.2, 0.25) is 0 Å². The summed E-state index contributed by atoms with van der Waals surface area (Å²) in [5, 5.41) is 12.9. The van der Waals surface area contributed by atoms with Crippen molar-refractivity contribution in [3.63, 3.8) is 0 Å². The van der Waals surface area contributed by atoms with Gasteiger partial charge in [-0.1, -0.05) is 0 Å². The SMILES string of the molecule is Cl.Cl.Oc1ccc(OC(F)(F)F)cc1[C@@H](CF)N1CCNCC1. The maximum atomic E-state index is 13.3. The van der Waals surface area contributed by atoms with Crippen molar-refractivity contribution in [2.24, 2.45) is 0 Å². The normalized spacial score (nSPS) is 16.9. The number of hydrogen-bond donors (Lipinski definition) is 2. The van der Waals surface area contributed by atoms with E-state index in [0.717, 1.165) is 18.2 Å². The van der Waals surface area contributed by atoms with Gasteiger partial charge in [-0.25, -0.2) is 4.39 Å². The van der Waals surface area contributed by atoms with Crippen molar-refractivity contribution in [2.45, 2.75) is 12.4 Å². The van der Waals surface area contributed by atoms with Crippen molar-refractivity contribution >= 4 is 24.8 Å². The van der Waals surface area contributed by atoms with Crippen LogP contribution in [0.4, 0.5) is 17.6 Å². The molecule has 1 heterocycles. The minimum atomic E-state index is -4.82. The third-order valence-corrected chi connectivity index (χ3v) is 3.33. The number of phenols is 1. The first-order valence-corrected chi connectivity index (χ1v) is 6.50. The fraction of sp³-hybridized carbons (Fsp3) is 0.538. The molecule has 2 N–H and O–H groups in total. The number of phenolic OH excluding ortho intramolecular Hbond substituents is 1. The average Bonchev–Trinajstić information content (AvgIpc) is 2.43. The van der Waals surface area contributed by atoms with Crippen LogP contribution >= 0.6 is 24.8 Å². The highest BCUT2D eigenvalue weighted by atomic mass is 35.5. The van der Waals surface area contributed by atoms with E-state index in [1.54, 1.807) is 4.90 Å². The zero-order valence-corrected chi connectivity index (χ0v) is 13.6. The second kappa shape index (κ2) is 9.36. The highest BCUT2D eigenvalue weighted by Crippen LogP contribution is 2.34. The van der Waals surface area contributed by atoms with Crippen molar-refractivity contribution in [3.8, 4) is 11.5 Å². The van der Waals surface area contributed by atoms with Gasteiger partial charge in [0.1, 0.15) is 18.2 Å². The molecule has 0 bridgehead atoms. The van der Waals surface area contributed by atoms with Crippen LogP contribution in [-0.2, 0) is 0 Å². The Labute approximate surface area is 143 Å². The number of rotatable bonds is 4. The average molecular weight is 381 g/mol. The van der Waals surface area contributed by atoms with E-state index in [1.165, 1.54) is 0 Å². The predicted molar refractivity (Wildman–Crippen MR) is 82.4 cm³/mol. The number of alkyl halides is 4. The molecule has 0 unspecified atom stereocenters. The van der Waals surface area contributed by atoms with Gasteiger partial charge < -0.3 is 15.2 Å². The molecule has 1 aliphatic rings. The van der Waals surface area contributed by atoms with Crippen LogP contribution in [0, 0.1) is 0 Å². The van der Waals surface area contributed by atoms with E-state index in [4.69, 9.17) is 0 Å². The van der Waals surface area contributed by atoms with Gasteiger partial charge in [-0.05, 0) is 18.2 Å². The lowest BCUT2D eigenvalue weighted by Gasteiger charge is -2.34. The Kier molecular flexibility index (Phi) is 8.97. The molecule has 0 saturated carbocycles. The summed E-state index contributed by atoms with van der Waals surface area (Å²) in [5.74, 6) is -0.713. The highest BCUT2D eigenvalue weighted by molar-refractivity contribution is 5.85. The minimum absolute atomic E-state index is 0. The largest absolute Gasteiger partial charge is 0.573 e. The molecular formula is C13H18Cl2F4N2O2. The monoisotopic (exact) mass is 380 g/mol. The number of benzene rings is 1. The van der Waals surface area contributed by atoms with Crippen molar-refractivity contribution in [1.82, 2.24) is 10.2 Å². The van der Waals surface area contributed by atoms with Crippen molar-refractivity contribution in [2.75, 3.05) is 32.9 Å². The number of halogens is 6. The van der Waals surface area contributed by atoms with Gasteiger partial charge in [-0.2, -0.15) is 0 Å². The molecule has 1 fully saturated rings. The number of piperazine rings is 1. The van der Waals surface area contributed by atoms with E-state index in [-0.39, 0.29) is 36.1 Å². The standard InChI is InChI=1S/C13H16F4N2O2.2ClH/c14-8-11(19-5-3-18-4-6-19)10-7-9(1-2-12(10)20)21-13(15,16)17;;/h1-2,7,11,18,20H,3-6,8H2;2*1H/t11-;;/m1../s1. The van der Waals surface area contributed by atoms with Crippen molar-refractivity contribution in [1.29, 1.82) is 0 Å². The second-order valence-corrected chi connectivity index (χ2v) is 4.72. The van der Waals surface area contributed by atoms with E-state index in [0.29, 0.717) is 26.2 Å². The maximum Gasteiger partial charge on any atom is 0.573 e. The summed E-state index contributed by atoms with van der Waals surface area (Å²) in [6, 6.07) is 2.33. The van der Waals surface area contributed by atoms with Gasteiger partial charge in [0.25, 0.3) is 0 Å². The smallest absolute Gasteiger partial charge is 0.508 e. The summed E-state index contributed by atoms with van der Waals surface area (Å²) >= 11 is 0. The van der Waals surface area contributed by atoms with Gasteiger partial charge >= 0.3 is 6.36 Å². The Hall–Kier alpha value is -0.960. The fourth-order valence-corrected chi connectivity index (χ4v) is 2.37. The van der Waals surface area contributed by atoms with E-state index in [2.05, 4.69) is 10.1 Å². The third kappa shape index (κ3) is 6.21. The minimum Gasteiger partial charge on any atom is -0.508 e.